The van der Waals surface area contributed by atoms with E-state index in [0.717, 1.165) is 0 Å². The number of nitrogens with one attached hydrogen (secondary N) is 2. The van der Waals surface area contributed by atoms with Crippen LogP contribution in [0.2, 0.25) is 0 Å². The van der Waals surface area contributed by atoms with E-state index < -0.39 is 66.4 Å². The van der Waals surface area contributed by atoms with Crippen LogP contribution in [-0.4, -0.2) is 80.3 Å². The Kier molecular flexibility index (Phi) is 9.00. The van der Waals surface area contributed by atoms with Gasteiger partial charge in [-0.2, -0.15) is 4.98 Å². The van der Waals surface area contributed by atoms with Gasteiger partial charge in [-0.15, -0.1) is 0 Å². The van der Waals surface area contributed by atoms with Crippen LogP contribution >= 0.6 is 23.8 Å². The molecule has 2 aromatic rings. The molecule has 228 valence electrons. The van der Waals surface area contributed by atoms with Crippen molar-refractivity contribution in [3.63, 3.8) is 0 Å². The van der Waals surface area contributed by atoms with E-state index in [1.807, 2.05) is 0 Å². The predicted molar refractivity (Wildman–Crippen MR) is 144 cm³/mol. The molecule has 2 aliphatic heterocycles. The molecule has 0 saturated carbocycles. The summed E-state index contributed by atoms with van der Waals surface area (Å²) in [4.78, 5) is 43.1. The second kappa shape index (κ2) is 11.7. The van der Waals surface area contributed by atoms with Gasteiger partial charge in [-0.25, -0.2) is 8.96 Å². The van der Waals surface area contributed by atoms with Crippen LogP contribution in [0.5, 0.6) is 0 Å². The standard InChI is InChI=1S/C23H32BrFN5O10P/c1-11(2)38-14(31)5-7-27-19(34)16-22(3,4)10-37-41(35,40-16)36-9-13-15(32)23(24,25)20(39-13)30-8-6-12-17(30)28-21(26)29-18(12)33/h6,8,11,13,15-16,20,32H,5,7,9-10H2,1-4H3,(H,27,34)(H3,26,28,29,33)/t13-,15?,16+,20-,23-,41?/m1/s1. The first-order valence-electron chi connectivity index (χ1n) is 12.7. The fourth-order valence-electron chi connectivity index (χ4n) is 4.32. The van der Waals surface area contributed by atoms with Crippen molar-refractivity contribution in [3.05, 3.63) is 22.6 Å². The van der Waals surface area contributed by atoms with Crippen molar-refractivity contribution in [1.82, 2.24) is 19.9 Å². The van der Waals surface area contributed by atoms with Gasteiger partial charge in [0.2, 0.25) is 16.4 Å². The number of ether oxygens (including phenoxy) is 2. The Bertz CT molecular complexity index is 1410. The van der Waals surface area contributed by atoms with Crippen molar-refractivity contribution in [1.29, 1.82) is 0 Å². The highest BCUT2D eigenvalue weighted by Gasteiger charge is 2.58. The normalized spacial score (nSPS) is 31.4. The number of rotatable bonds is 9. The fraction of sp³-hybridized carbons (Fsp3) is 0.652. The molecular weight excluding hydrogens is 636 g/mol. The van der Waals surface area contributed by atoms with Crippen molar-refractivity contribution < 1.29 is 46.7 Å². The summed E-state index contributed by atoms with van der Waals surface area (Å²) in [7, 11) is -4.39. The monoisotopic (exact) mass is 667 g/mol. The second-order valence-corrected chi connectivity index (χ2v) is 13.5. The Labute approximate surface area is 241 Å². The zero-order valence-electron chi connectivity index (χ0n) is 22.7. The van der Waals surface area contributed by atoms with Crippen LogP contribution in [-0.2, 0) is 37.2 Å². The molecule has 6 atom stereocenters. The van der Waals surface area contributed by atoms with Gasteiger partial charge in [0, 0.05) is 18.2 Å². The van der Waals surface area contributed by atoms with Crippen LogP contribution < -0.4 is 16.6 Å². The number of carbonyl (C=O) groups excluding carboxylic acids is 2. The summed E-state index contributed by atoms with van der Waals surface area (Å²) in [6.07, 6.45) is -5.11. The van der Waals surface area contributed by atoms with Crippen LogP contribution in [0.3, 0.4) is 0 Å². The highest BCUT2D eigenvalue weighted by atomic mass is 79.9. The zero-order valence-corrected chi connectivity index (χ0v) is 25.1. The third-order valence-corrected chi connectivity index (χ3v) is 8.64. The van der Waals surface area contributed by atoms with Crippen LogP contribution in [0.25, 0.3) is 11.0 Å². The van der Waals surface area contributed by atoms with Crippen molar-refractivity contribution in [2.75, 3.05) is 25.5 Å². The number of aromatic amines is 1. The van der Waals surface area contributed by atoms with E-state index in [0.29, 0.717) is 0 Å². The molecule has 0 radical (unpaired) electrons. The highest BCUT2D eigenvalue weighted by Crippen LogP contribution is 2.58. The van der Waals surface area contributed by atoms with Gasteiger partial charge < -0.3 is 30.2 Å². The topological polar surface area (TPSA) is 206 Å². The second-order valence-electron chi connectivity index (χ2n) is 10.6. The summed E-state index contributed by atoms with van der Waals surface area (Å²) >= 11 is 2.85. The predicted octanol–water partition coefficient (Wildman–Crippen LogP) is 1.65. The molecule has 5 N–H and O–H groups in total. The molecule has 18 heteroatoms. The number of nitrogens with zero attached hydrogens (tertiary/aromatic N) is 2. The molecule has 41 heavy (non-hydrogen) atoms. The number of alkyl halides is 2. The van der Waals surface area contributed by atoms with Crippen LogP contribution in [0.15, 0.2) is 17.1 Å². The van der Waals surface area contributed by atoms with Gasteiger partial charge in [0.25, 0.3) is 5.56 Å². The molecule has 0 aromatic carbocycles. The number of hydrogen-bond acceptors (Lipinski definition) is 12. The minimum atomic E-state index is -4.39. The zero-order chi connectivity index (χ0) is 30.3. The largest absolute Gasteiger partial charge is 0.475 e. The van der Waals surface area contributed by atoms with E-state index in [1.165, 1.54) is 16.8 Å². The number of carbonyl (C=O) groups is 2. The smallest absolute Gasteiger partial charge is 0.463 e. The number of nitrogen functional groups attached to an aromatic ring is 1. The maximum atomic E-state index is 15.7. The van der Waals surface area contributed by atoms with Crippen molar-refractivity contribution in [2.45, 2.75) is 69.3 Å². The lowest BCUT2D eigenvalue weighted by Crippen LogP contribution is -2.50. The lowest BCUT2D eigenvalue weighted by molar-refractivity contribution is -0.147. The van der Waals surface area contributed by atoms with Gasteiger partial charge in [0.05, 0.1) is 31.1 Å². The Morgan fingerprint density at radius 2 is 2.15 bits per heavy atom. The minimum absolute atomic E-state index is 0.00629. The number of phosphoric acid groups is 1. The van der Waals surface area contributed by atoms with Gasteiger partial charge in [0.1, 0.15) is 12.2 Å². The third kappa shape index (κ3) is 6.66. The molecule has 2 aliphatic rings. The van der Waals surface area contributed by atoms with E-state index in [2.05, 4.69) is 31.2 Å². The van der Waals surface area contributed by atoms with Crippen LogP contribution in [0.1, 0.15) is 40.3 Å². The summed E-state index contributed by atoms with van der Waals surface area (Å²) in [6.45, 7) is 5.81. The van der Waals surface area contributed by atoms with Crippen molar-refractivity contribution in [2.24, 2.45) is 5.41 Å². The average Bonchev–Trinajstić information content (AvgIpc) is 3.37. The summed E-state index contributed by atoms with van der Waals surface area (Å²) in [5, 5.41) is 13.3. The molecule has 4 rings (SSSR count). The number of aliphatic hydroxyl groups excluding tert-OH is 1. The molecule has 2 fully saturated rings. The van der Waals surface area contributed by atoms with E-state index in [9.17, 15) is 24.1 Å². The van der Waals surface area contributed by atoms with Gasteiger partial charge in [-0.3, -0.25) is 32.9 Å². The SMILES string of the molecule is CC(C)OC(=O)CCNC(=O)[C@@H]1OP(=O)(OC[C@H]2O[C@@H](n3ccc4c(=O)[nH]c(N)nc43)[C@@](F)(Br)C2O)OCC1(C)C. The fourth-order valence-corrected chi connectivity index (χ4v) is 6.60. The molecule has 0 bridgehead atoms. The van der Waals surface area contributed by atoms with E-state index in [4.69, 9.17) is 28.8 Å². The number of esters is 1. The first kappa shape index (κ1) is 31.5. The highest BCUT2D eigenvalue weighted by molar-refractivity contribution is 9.10. The number of anilines is 1. The molecule has 2 unspecified atom stereocenters. The molecule has 1 amide bonds. The van der Waals surface area contributed by atoms with E-state index in [1.54, 1.807) is 27.7 Å². The van der Waals surface area contributed by atoms with E-state index in [-0.39, 0.29) is 42.7 Å². The molecule has 15 nitrogen and oxygen atoms in total. The first-order chi connectivity index (χ1) is 19.0. The summed E-state index contributed by atoms with van der Waals surface area (Å²) in [6, 6.07) is 1.38. The molecule has 0 aliphatic carbocycles. The number of halogens is 2. The van der Waals surface area contributed by atoms with Gasteiger partial charge in [-0.1, -0.05) is 13.8 Å². The minimum Gasteiger partial charge on any atom is -0.463 e. The summed E-state index contributed by atoms with van der Waals surface area (Å²) < 4.78 is 54.4. The number of fused-ring (bicyclic) bond motifs is 1. The molecule has 2 aromatic heterocycles. The Morgan fingerprint density at radius 3 is 2.83 bits per heavy atom. The molecule has 0 spiro atoms. The van der Waals surface area contributed by atoms with Crippen molar-refractivity contribution >= 4 is 52.6 Å². The summed E-state index contributed by atoms with van der Waals surface area (Å²) in [5.41, 5.74) is 4.15. The van der Waals surface area contributed by atoms with Gasteiger partial charge in [-0.05, 0) is 35.8 Å². The molecular formula is C23H32BrFN5O10P. The number of nitrogens with two attached hydrogens (primary N) is 1. The van der Waals surface area contributed by atoms with Gasteiger partial charge >= 0.3 is 13.8 Å². The number of hydrogen-bond donors (Lipinski definition) is 4. The first-order valence-corrected chi connectivity index (χ1v) is 14.9. The molecule has 4 heterocycles. The number of H-pyrrole nitrogens is 1. The maximum absolute atomic E-state index is 15.7. The Balaban J connectivity index is 1.42. The number of aliphatic hydroxyl groups is 1. The lowest BCUT2D eigenvalue weighted by atomic mass is 9.87. The Hall–Kier alpha value is -2.40. The lowest BCUT2D eigenvalue weighted by Gasteiger charge is -2.39. The van der Waals surface area contributed by atoms with Crippen molar-refractivity contribution in [3.8, 4) is 0 Å². The maximum Gasteiger partial charge on any atom is 0.475 e. The quantitative estimate of drug-likeness (QED) is 0.171. The number of amides is 1. The third-order valence-electron chi connectivity index (χ3n) is 6.40. The average molecular weight is 668 g/mol. The number of phosphoric ester groups is 1. The van der Waals surface area contributed by atoms with Gasteiger partial charge in [0.15, 0.2) is 18.0 Å². The Morgan fingerprint density at radius 1 is 1.44 bits per heavy atom. The number of aromatic nitrogens is 3. The van der Waals surface area contributed by atoms with E-state index >= 15 is 4.39 Å². The molecule has 2 saturated heterocycles. The van der Waals surface area contributed by atoms with Crippen LogP contribution in [0, 0.1) is 5.41 Å². The summed E-state index contributed by atoms with van der Waals surface area (Å²) in [5.74, 6) is -1.35. The van der Waals surface area contributed by atoms with Crippen LogP contribution in [0.4, 0.5) is 10.3 Å².